The van der Waals surface area contributed by atoms with Gasteiger partial charge in [-0.3, -0.25) is 0 Å². The third-order valence-electron chi connectivity index (χ3n) is 5.81. The molecule has 2 heteroatoms. The maximum absolute atomic E-state index is 7.30. The molecule has 1 aliphatic carbocycles. The summed E-state index contributed by atoms with van der Waals surface area (Å²) in [5, 5.41) is 0. The average molecular weight is 414 g/mol. The first-order chi connectivity index (χ1) is 14.6. The summed E-state index contributed by atoms with van der Waals surface area (Å²) in [6, 6.07) is 28.0. The lowest BCUT2D eigenvalue weighted by Crippen LogP contribution is -2.40. The fourth-order valence-corrected chi connectivity index (χ4v) is 4.29. The molecule has 3 aromatic carbocycles. The molecule has 3 aromatic rings. The molecular weight excluding hydrogens is 386 g/mol. The molecule has 152 valence electrons. The minimum absolute atomic E-state index is 0.653. The van der Waals surface area contributed by atoms with Crippen LogP contribution in [0.15, 0.2) is 97.1 Å². The molecule has 1 aliphatic rings. The van der Waals surface area contributed by atoms with E-state index in [2.05, 4.69) is 110 Å². The lowest BCUT2D eigenvalue weighted by molar-refractivity contribution is 0.711. The van der Waals surface area contributed by atoms with Crippen molar-refractivity contribution in [3.8, 4) is 0 Å². The topological polar surface area (TPSA) is 3.24 Å². The highest BCUT2D eigenvalue weighted by Gasteiger charge is 2.34. The summed E-state index contributed by atoms with van der Waals surface area (Å²) < 4.78 is 0. The number of hydrogen-bond donors (Lipinski definition) is 0. The highest BCUT2D eigenvalue weighted by atomic mass is 35.5. The molecule has 0 spiro atoms. The van der Waals surface area contributed by atoms with Crippen LogP contribution in [0.1, 0.15) is 37.0 Å². The highest BCUT2D eigenvalue weighted by Crippen LogP contribution is 2.42. The minimum atomic E-state index is -0.653. The van der Waals surface area contributed by atoms with Crippen LogP contribution in [-0.2, 0) is 12.8 Å². The number of hydrogen-bond acceptors (Lipinski definition) is 1. The molecular formula is C28H28ClN. The molecule has 1 atom stereocenters. The number of benzene rings is 3. The van der Waals surface area contributed by atoms with Gasteiger partial charge in [0, 0.05) is 17.8 Å². The van der Waals surface area contributed by atoms with Crippen LogP contribution < -0.4 is 4.90 Å². The maximum atomic E-state index is 7.30. The monoisotopic (exact) mass is 413 g/mol. The van der Waals surface area contributed by atoms with Gasteiger partial charge in [0.2, 0.25) is 0 Å². The van der Waals surface area contributed by atoms with Gasteiger partial charge in [-0.2, -0.15) is 0 Å². The fourth-order valence-electron chi connectivity index (χ4n) is 3.96. The zero-order valence-corrected chi connectivity index (χ0v) is 18.4. The Hall–Kier alpha value is -2.77. The van der Waals surface area contributed by atoms with Crippen molar-refractivity contribution < 1.29 is 0 Å². The van der Waals surface area contributed by atoms with Gasteiger partial charge in [0.1, 0.15) is 5.00 Å². The molecule has 4 rings (SSSR count). The summed E-state index contributed by atoms with van der Waals surface area (Å²) in [5.74, 6) is 0. The standard InChI is InChI=1S/C28H28ClN/c1-3-22-10-14-26(15-11-22)30(27-16-12-23(4-2)13-17-27)28(29)20-18-25(19-21-28)24-8-6-5-7-9-24/h5-20H,3-4,21H2,1-2H3. The summed E-state index contributed by atoms with van der Waals surface area (Å²) in [6.07, 6.45) is 9.32. The van der Waals surface area contributed by atoms with E-state index in [1.54, 1.807) is 0 Å². The zero-order valence-electron chi connectivity index (χ0n) is 17.7. The van der Waals surface area contributed by atoms with Gasteiger partial charge in [-0.05, 0) is 65.4 Å². The summed E-state index contributed by atoms with van der Waals surface area (Å²) in [6.45, 7) is 4.36. The Kier molecular flexibility index (Phi) is 6.11. The molecule has 0 saturated carbocycles. The Morgan fingerprint density at radius 2 is 1.30 bits per heavy atom. The van der Waals surface area contributed by atoms with Crippen molar-refractivity contribution in [3.05, 3.63) is 114 Å². The summed E-state index contributed by atoms with van der Waals surface area (Å²) in [5.41, 5.74) is 7.30. The van der Waals surface area contributed by atoms with E-state index in [0.717, 1.165) is 30.6 Å². The largest absolute Gasteiger partial charge is 0.318 e. The van der Waals surface area contributed by atoms with Crippen molar-refractivity contribution in [1.29, 1.82) is 0 Å². The van der Waals surface area contributed by atoms with E-state index in [4.69, 9.17) is 11.6 Å². The van der Waals surface area contributed by atoms with Gasteiger partial charge in [-0.15, -0.1) is 0 Å². The van der Waals surface area contributed by atoms with Gasteiger partial charge in [0.15, 0.2) is 0 Å². The van der Waals surface area contributed by atoms with E-state index in [1.807, 2.05) is 6.07 Å². The summed E-state index contributed by atoms with van der Waals surface area (Å²) in [4.78, 5) is 1.60. The van der Waals surface area contributed by atoms with E-state index in [1.165, 1.54) is 22.3 Å². The number of nitrogens with zero attached hydrogens (tertiary/aromatic N) is 1. The van der Waals surface area contributed by atoms with Gasteiger partial charge in [-0.25, -0.2) is 0 Å². The molecule has 30 heavy (non-hydrogen) atoms. The van der Waals surface area contributed by atoms with Gasteiger partial charge in [0.25, 0.3) is 0 Å². The first kappa shape index (κ1) is 20.5. The van der Waals surface area contributed by atoms with Crippen molar-refractivity contribution in [2.24, 2.45) is 0 Å². The smallest absolute Gasteiger partial charge is 0.141 e. The van der Waals surface area contributed by atoms with Gasteiger partial charge < -0.3 is 4.90 Å². The maximum Gasteiger partial charge on any atom is 0.141 e. The Labute approximate surface area is 185 Å². The molecule has 0 aliphatic heterocycles. The predicted octanol–water partition coefficient (Wildman–Crippen LogP) is 7.93. The second kappa shape index (κ2) is 8.93. The van der Waals surface area contributed by atoms with E-state index in [0.29, 0.717) is 0 Å². The van der Waals surface area contributed by atoms with E-state index >= 15 is 0 Å². The Balaban J connectivity index is 1.71. The number of rotatable bonds is 6. The van der Waals surface area contributed by atoms with Crippen LogP contribution in [-0.4, -0.2) is 5.00 Å². The van der Waals surface area contributed by atoms with E-state index < -0.39 is 5.00 Å². The molecule has 0 fully saturated rings. The quantitative estimate of drug-likeness (QED) is 0.293. The van der Waals surface area contributed by atoms with Gasteiger partial charge in [0.05, 0.1) is 0 Å². The predicted molar refractivity (Wildman–Crippen MR) is 131 cm³/mol. The second-order valence-corrected chi connectivity index (χ2v) is 8.41. The molecule has 0 bridgehead atoms. The van der Waals surface area contributed by atoms with Crippen LogP contribution in [0.25, 0.3) is 5.57 Å². The third-order valence-corrected chi connectivity index (χ3v) is 6.26. The normalized spacial score (nSPS) is 18.2. The first-order valence-electron chi connectivity index (χ1n) is 10.7. The number of alkyl halides is 1. The van der Waals surface area contributed by atoms with Crippen LogP contribution in [0.2, 0.25) is 0 Å². The van der Waals surface area contributed by atoms with Crippen LogP contribution in [0.5, 0.6) is 0 Å². The van der Waals surface area contributed by atoms with Crippen LogP contribution >= 0.6 is 11.6 Å². The number of aryl methyl sites for hydroxylation is 2. The summed E-state index contributed by atoms with van der Waals surface area (Å²) in [7, 11) is 0. The number of halogens is 1. The van der Waals surface area contributed by atoms with Crippen LogP contribution in [0.3, 0.4) is 0 Å². The van der Waals surface area contributed by atoms with Gasteiger partial charge >= 0.3 is 0 Å². The highest BCUT2D eigenvalue weighted by molar-refractivity contribution is 6.28. The Morgan fingerprint density at radius 3 is 1.73 bits per heavy atom. The number of allylic oxidation sites excluding steroid dienone is 2. The lowest BCUT2D eigenvalue weighted by atomic mass is 9.95. The van der Waals surface area contributed by atoms with Crippen LogP contribution in [0.4, 0.5) is 11.4 Å². The van der Waals surface area contributed by atoms with E-state index in [-0.39, 0.29) is 0 Å². The molecule has 0 heterocycles. The molecule has 0 amide bonds. The number of anilines is 2. The first-order valence-corrected chi connectivity index (χ1v) is 11.1. The van der Waals surface area contributed by atoms with Crippen molar-refractivity contribution in [2.45, 2.75) is 38.1 Å². The van der Waals surface area contributed by atoms with E-state index in [9.17, 15) is 0 Å². The average Bonchev–Trinajstić information content (AvgIpc) is 2.81. The van der Waals surface area contributed by atoms with Crippen molar-refractivity contribution >= 4 is 28.5 Å². The molecule has 0 N–H and O–H groups in total. The molecule has 1 nitrogen and oxygen atoms in total. The van der Waals surface area contributed by atoms with Crippen molar-refractivity contribution in [1.82, 2.24) is 0 Å². The SMILES string of the molecule is CCc1ccc(N(c2ccc(CC)cc2)C2(Cl)C=CC(c3ccccc3)=CC2)cc1. The Morgan fingerprint density at radius 1 is 0.767 bits per heavy atom. The zero-order chi connectivity index (χ0) is 21.0. The molecule has 1 unspecified atom stereocenters. The lowest BCUT2D eigenvalue weighted by Gasteiger charge is -2.40. The molecule has 0 saturated heterocycles. The molecule has 0 radical (unpaired) electrons. The second-order valence-electron chi connectivity index (χ2n) is 7.76. The summed E-state index contributed by atoms with van der Waals surface area (Å²) >= 11 is 7.30. The Bertz CT molecular complexity index is 985. The fraction of sp³-hybridized carbons (Fsp3) is 0.214. The van der Waals surface area contributed by atoms with Crippen LogP contribution in [0, 0.1) is 0 Å². The molecule has 0 aromatic heterocycles. The third kappa shape index (κ3) is 4.22. The van der Waals surface area contributed by atoms with Crippen molar-refractivity contribution in [3.63, 3.8) is 0 Å². The van der Waals surface area contributed by atoms with Gasteiger partial charge in [-0.1, -0.05) is 92.2 Å². The minimum Gasteiger partial charge on any atom is -0.318 e. The van der Waals surface area contributed by atoms with Crippen molar-refractivity contribution in [2.75, 3.05) is 4.90 Å².